The van der Waals surface area contributed by atoms with E-state index in [1.165, 1.54) is 6.08 Å². The Hall–Kier alpha value is -2.93. The SMILES string of the molecule is Cc1ccc(S(=O)(=O)/N=C2/C=C(Nc3ccc(Cl)c(Cl)c3)C(=O)c3ccccc32)c(C)c1. The number of nitrogens with zero attached hydrogens (tertiary/aromatic N) is 1. The van der Waals surface area contributed by atoms with Crippen molar-refractivity contribution in [3.63, 3.8) is 0 Å². The monoisotopic (exact) mass is 484 g/mol. The number of halogens is 2. The molecule has 1 aliphatic carbocycles. The normalized spacial score (nSPS) is 14.8. The maximum Gasteiger partial charge on any atom is 0.283 e. The van der Waals surface area contributed by atoms with Crippen LogP contribution < -0.4 is 5.32 Å². The second-order valence-electron chi connectivity index (χ2n) is 7.41. The number of Topliss-reactive ketones (excluding diaryl/α,β-unsaturated/α-hetero) is 1. The minimum Gasteiger partial charge on any atom is -0.352 e. The van der Waals surface area contributed by atoms with Gasteiger partial charge in [0.25, 0.3) is 10.0 Å². The van der Waals surface area contributed by atoms with Gasteiger partial charge < -0.3 is 5.32 Å². The fourth-order valence-electron chi connectivity index (χ4n) is 3.49. The van der Waals surface area contributed by atoms with Gasteiger partial charge in [-0.05, 0) is 49.8 Å². The van der Waals surface area contributed by atoms with E-state index >= 15 is 0 Å². The lowest BCUT2D eigenvalue weighted by Crippen LogP contribution is -2.22. The number of ketones is 1. The number of hydrogen-bond acceptors (Lipinski definition) is 4. The predicted molar refractivity (Wildman–Crippen MR) is 129 cm³/mol. The summed E-state index contributed by atoms with van der Waals surface area (Å²) in [7, 11) is -4.01. The molecule has 3 aromatic rings. The Labute approximate surface area is 196 Å². The molecule has 0 amide bonds. The van der Waals surface area contributed by atoms with Crippen LogP contribution in [0, 0.1) is 13.8 Å². The topological polar surface area (TPSA) is 75.6 Å². The summed E-state index contributed by atoms with van der Waals surface area (Å²) in [5, 5.41) is 3.72. The van der Waals surface area contributed by atoms with Crippen molar-refractivity contribution in [3.8, 4) is 0 Å². The summed E-state index contributed by atoms with van der Waals surface area (Å²) in [5.41, 5.74) is 3.25. The van der Waals surface area contributed by atoms with Crippen LogP contribution in [0.15, 0.2) is 81.7 Å². The van der Waals surface area contributed by atoms with Gasteiger partial charge in [-0.3, -0.25) is 4.79 Å². The summed E-state index contributed by atoms with van der Waals surface area (Å²) in [5.74, 6) is -0.283. The first-order valence-corrected chi connectivity index (χ1v) is 11.9. The minimum atomic E-state index is -4.01. The third kappa shape index (κ3) is 4.35. The first-order chi connectivity index (χ1) is 15.2. The molecule has 0 spiro atoms. The van der Waals surface area contributed by atoms with Crippen molar-refractivity contribution < 1.29 is 13.2 Å². The lowest BCUT2D eigenvalue weighted by molar-refractivity contribution is 0.103. The van der Waals surface area contributed by atoms with Crippen LogP contribution >= 0.6 is 23.2 Å². The number of benzene rings is 3. The summed E-state index contributed by atoms with van der Waals surface area (Å²) < 4.78 is 30.3. The molecule has 0 aliphatic heterocycles. The molecule has 0 unspecified atom stereocenters. The highest BCUT2D eigenvalue weighted by Gasteiger charge is 2.26. The lowest BCUT2D eigenvalue weighted by atomic mass is 9.92. The largest absolute Gasteiger partial charge is 0.352 e. The molecular weight excluding hydrogens is 467 g/mol. The van der Waals surface area contributed by atoms with Gasteiger partial charge in [-0.2, -0.15) is 12.8 Å². The maximum atomic E-state index is 13.1. The van der Waals surface area contributed by atoms with E-state index in [4.69, 9.17) is 23.2 Å². The van der Waals surface area contributed by atoms with Crippen LogP contribution in [0.5, 0.6) is 0 Å². The average molecular weight is 485 g/mol. The van der Waals surface area contributed by atoms with E-state index in [1.807, 2.05) is 6.92 Å². The predicted octanol–water partition coefficient (Wildman–Crippen LogP) is 5.98. The summed E-state index contributed by atoms with van der Waals surface area (Å²) in [6.45, 7) is 3.62. The number of hydrogen-bond donors (Lipinski definition) is 1. The Balaban J connectivity index is 1.83. The average Bonchev–Trinajstić information content (AvgIpc) is 2.73. The van der Waals surface area contributed by atoms with Crippen LogP contribution in [-0.2, 0) is 10.0 Å². The van der Waals surface area contributed by atoms with Gasteiger partial charge >= 0.3 is 0 Å². The fourth-order valence-corrected chi connectivity index (χ4v) is 5.01. The zero-order valence-electron chi connectivity index (χ0n) is 17.2. The van der Waals surface area contributed by atoms with Gasteiger partial charge in [0, 0.05) is 16.8 Å². The number of carbonyl (C=O) groups is 1. The van der Waals surface area contributed by atoms with Crippen LogP contribution in [0.4, 0.5) is 5.69 Å². The number of anilines is 1. The Morgan fingerprint density at radius 2 is 1.59 bits per heavy atom. The maximum absolute atomic E-state index is 13.1. The van der Waals surface area contributed by atoms with Gasteiger partial charge in [0.15, 0.2) is 0 Å². The van der Waals surface area contributed by atoms with Crippen molar-refractivity contribution in [2.75, 3.05) is 5.32 Å². The minimum absolute atomic E-state index is 0.123. The third-order valence-corrected chi connectivity index (χ3v) is 7.19. The van der Waals surface area contributed by atoms with Gasteiger partial charge in [0.05, 0.1) is 26.3 Å². The molecule has 0 saturated carbocycles. The van der Waals surface area contributed by atoms with E-state index in [0.717, 1.165) is 5.56 Å². The van der Waals surface area contributed by atoms with Crippen LogP contribution in [-0.4, -0.2) is 19.9 Å². The lowest BCUT2D eigenvalue weighted by Gasteiger charge is -2.19. The van der Waals surface area contributed by atoms with E-state index < -0.39 is 10.0 Å². The van der Waals surface area contributed by atoms with E-state index in [9.17, 15) is 13.2 Å². The number of rotatable bonds is 4. The highest BCUT2D eigenvalue weighted by Crippen LogP contribution is 2.29. The number of fused-ring (bicyclic) bond motifs is 1. The molecule has 0 atom stereocenters. The summed E-state index contributed by atoms with van der Waals surface area (Å²) in [6, 6.07) is 16.7. The van der Waals surface area contributed by atoms with Crippen molar-refractivity contribution >= 4 is 50.4 Å². The highest BCUT2D eigenvalue weighted by molar-refractivity contribution is 7.90. The second-order valence-corrected chi connectivity index (χ2v) is 9.79. The van der Waals surface area contributed by atoms with Crippen LogP contribution in [0.2, 0.25) is 10.0 Å². The Morgan fingerprint density at radius 3 is 2.28 bits per heavy atom. The number of aryl methyl sites for hydroxylation is 2. The number of allylic oxidation sites excluding steroid dienone is 2. The fraction of sp³-hybridized carbons (Fsp3) is 0.0833. The van der Waals surface area contributed by atoms with Gasteiger partial charge in [-0.15, -0.1) is 0 Å². The van der Waals surface area contributed by atoms with Gasteiger partial charge in [0.2, 0.25) is 5.78 Å². The molecule has 0 bridgehead atoms. The van der Waals surface area contributed by atoms with Crippen LogP contribution in [0.1, 0.15) is 27.0 Å². The van der Waals surface area contributed by atoms with Gasteiger partial charge in [-0.25, -0.2) is 0 Å². The molecule has 1 aliphatic rings. The van der Waals surface area contributed by atoms with Crippen molar-refractivity contribution in [3.05, 3.63) is 105 Å². The molecule has 162 valence electrons. The molecule has 3 aromatic carbocycles. The molecule has 0 fully saturated rings. The quantitative estimate of drug-likeness (QED) is 0.493. The van der Waals surface area contributed by atoms with E-state index in [-0.39, 0.29) is 22.1 Å². The van der Waals surface area contributed by atoms with Crippen LogP contribution in [0.3, 0.4) is 0 Å². The van der Waals surface area contributed by atoms with Crippen molar-refractivity contribution in [1.82, 2.24) is 0 Å². The van der Waals surface area contributed by atoms with Crippen molar-refractivity contribution in [2.24, 2.45) is 4.40 Å². The Kier molecular flexibility index (Phi) is 5.95. The molecule has 0 aromatic heterocycles. The Bertz CT molecular complexity index is 1430. The zero-order valence-corrected chi connectivity index (χ0v) is 19.5. The first kappa shape index (κ1) is 22.3. The summed E-state index contributed by atoms with van der Waals surface area (Å²) in [4.78, 5) is 13.2. The standard InChI is InChI=1S/C24H18Cl2N2O3S/c1-14-7-10-23(15(2)11-14)32(30,31)28-21-13-22(24(29)18-6-4-3-5-17(18)21)27-16-8-9-19(25)20(26)12-16/h3-13,27H,1-2H3/b28-21-. The zero-order chi connectivity index (χ0) is 23.0. The molecule has 1 N–H and O–H groups in total. The molecule has 0 radical (unpaired) electrons. The molecule has 5 nitrogen and oxygen atoms in total. The molecule has 8 heteroatoms. The van der Waals surface area contributed by atoms with E-state index in [2.05, 4.69) is 9.71 Å². The molecule has 4 rings (SSSR count). The smallest absolute Gasteiger partial charge is 0.283 e. The van der Waals surface area contributed by atoms with Gasteiger partial charge in [-0.1, -0.05) is 65.2 Å². The third-order valence-electron chi connectivity index (χ3n) is 5.00. The summed E-state index contributed by atoms with van der Waals surface area (Å²) >= 11 is 12.0. The number of nitrogens with one attached hydrogen (secondary N) is 1. The van der Waals surface area contributed by atoms with Gasteiger partial charge in [0.1, 0.15) is 0 Å². The highest BCUT2D eigenvalue weighted by atomic mass is 35.5. The van der Waals surface area contributed by atoms with Crippen LogP contribution in [0.25, 0.3) is 0 Å². The first-order valence-electron chi connectivity index (χ1n) is 9.66. The van der Waals surface area contributed by atoms with Crippen molar-refractivity contribution in [2.45, 2.75) is 18.7 Å². The molecular formula is C24H18Cl2N2O3S. The van der Waals surface area contributed by atoms with E-state index in [0.29, 0.717) is 32.4 Å². The molecule has 0 heterocycles. The molecule has 32 heavy (non-hydrogen) atoms. The summed E-state index contributed by atoms with van der Waals surface area (Å²) in [6.07, 6.45) is 1.44. The number of sulfonamides is 1. The Morgan fingerprint density at radius 1 is 0.875 bits per heavy atom. The molecule has 0 saturated heterocycles. The van der Waals surface area contributed by atoms with Crippen molar-refractivity contribution in [1.29, 1.82) is 0 Å². The number of carbonyl (C=O) groups excluding carboxylic acids is 1. The second kappa shape index (κ2) is 8.54. The van der Waals surface area contributed by atoms with E-state index in [1.54, 1.807) is 67.6 Å².